The van der Waals surface area contributed by atoms with Crippen LogP contribution in [0.15, 0.2) is 6.07 Å². The summed E-state index contributed by atoms with van der Waals surface area (Å²) in [5.74, 6) is 0.287. The van der Waals surface area contributed by atoms with E-state index in [0.717, 1.165) is 6.07 Å². The molecule has 0 atom stereocenters. The number of fused-ring (bicyclic) bond motifs is 1. The van der Waals surface area contributed by atoms with Gasteiger partial charge < -0.3 is 4.74 Å². The van der Waals surface area contributed by atoms with Crippen LogP contribution in [0.1, 0.15) is 11.1 Å². The summed E-state index contributed by atoms with van der Waals surface area (Å²) in [6.07, 6.45) is -4.08. The van der Waals surface area contributed by atoms with Crippen LogP contribution in [0.2, 0.25) is 5.02 Å². The molecule has 0 unspecified atom stereocenters. The molecule has 0 radical (unpaired) electrons. The summed E-state index contributed by atoms with van der Waals surface area (Å²) in [4.78, 5) is 0. The van der Waals surface area contributed by atoms with E-state index in [1.807, 2.05) is 22.6 Å². The Morgan fingerprint density at radius 1 is 1.40 bits per heavy atom. The summed E-state index contributed by atoms with van der Waals surface area (Å²) in [7, 11) is 0. The molecular weight excluding hydrogens is 343 g/mol. The van der Waals surface area contributed by atoms with Gasteiger partial charge in [0.25, 0.3) is 0 Å². The smallest absolute Gasteiger partial charge is 0.416 e. The number of hydrogen-bond donors (Lipinski definition) is 0. The van der Waals surface area contributed by atoms with Crippen molar-refractivity contribution in [3.8, 4) is 5.75 Å². The first kappa shape index (κ1) is 11.3. The molecule has 1 nitrogen and oxygen atoms in total. The van der Waals surface area contributed by atoms with Gasteiger partial charge in [-0.25, -0.2) is 0 Å². The van der Waals surface area contributed by atoms with Gasteiger partial charge in [-0.15, -0.1) is 0 Å². The second-order valence-electron chi connectivity index (χ2n) is 3.12. The molecule has 0 aliphatic carbocycles. The number of hydrogen-bond acceptors (Lipinski definition) is 1. The number of rotatable bonds is 0. The lowest BCUT2D eigenvalue weighted by molar-refractivity contribution is -0.138. The van der Waals surface area contributed by atoms with Crippen LogP contribution in [-0.4, -0.2) is 6.61 Å². The molecule has 1 aromatic rings. The highest BCUT2D eigenvalue weighted by Crippen LogP contribution is 2.43. The first-order chi connectivity index (χ1) is 6.91. The van der Waals surface area contributed by atoms with E-state index in [4.69, 9.17) is 16.3 Å². The maximum atomic E-state index is 12.6. The zero-order chi connectivity index (χ0) is 11.2. The lowest BCUT2D eigenvalue weighted by Gasteiger charge is -2.13. The molecule has 6 heteroatoms. The maximum absolute atomic E-state index is 12.6. The van der Waals surface area contributed by atoms with E-state index in [2.05, 4.69) is 0 Å². The van der Waals surface area contributed by atoms with Crippen LogP contribution in [0.5, 0.6) is 5.75 Å². The van der Waals surface area contributed by atoms with Gasteiger partial charge in [0.2, 0.25) is 0 Å². The van der Waals surface area contributed by atoms with E-state index in [9.17, 15) is 13.2 Å². The molecule has 1 aliphatic heterocycles. The fourth-order valence-electron chi connectivity index (χ4n) is 1.55. The standard InChI is InChI=1S/C9H5ClF3IO/c10-6-3-5(9(11,12)13)4-1-2-15-8(4)7(6)14/h3H,1-2H2. The average molecular weight is 348 g/mol. The maximum Gasteiger partial charge on any atom is 0.416 e. The van der Waals surface area contributed by atoms with Gasteiger partial charge in [0, 0.05) is 12.0 Å². The molecule has 15 heavy (non-hydrogen) atoms. The molecule has 0 fully saturated rings. The van der Waals surface area contributed by atoms with Crippen molar-refractivity contribution in [2.75, 3.05) is 6.61 Å². The van der Waals surface area contributed by atoms with Crippen molar-refractivity contribution in [2.24, 2.45) is 0 Å². The zero-order valence-corrected chi connectivity index (χ0v) is 10.2. The Hall–Kier alpha value is -0.170. The first-order valence-electron chi connectivity index (χ1n) is 4.12. The highest BCUT2D eigenvalue weighted by molar-refractivity contribution is 14.1. The Kier molecular flexibility index (Phi) is 2.79. The SMILES string of the molecule is FC(F)(F)c1cc(Cl)c(I)c2c1CCO2. The predicted molar refractivity (Wildman–Crippen MR) is 58.4 cm³/mol. The summed E-state index contributed by atoms with van der Waals surface area (Å²) in [5, 5.41) is 0.0866. The molecule has 0 saturated carbocycles. The Labute approximate surface area is 103 Å². The summed E-state index contributed by atoms with van der Waals surface area (Å²) in [5.41, 5.74) is -0.461. The topological polar surface area (TPSA) is 9.23 Å². The number of benzene rings is 1. The average Bonchev–Trinajstić information content (AvgIpc) is 2.57. The van der Waals surface area contributed by atoms with E-state index in [1.54, 1.807) is 0 Å². The van der Waals surface area contributed by atoms with Gasteiger partial charge in [-0.2, -0.15) is 13.2 Å². The molecule has 2 rings (SSSR count). The highest BCUT2D eigenvalue weighted by atomic mass is 127. The van der Waals surface area contributed by atoms with Crippen LogP contribution in [-0.2, 0) is 12.6 Å². The van der Waals surface area contributed by atoms with Gasteiger partial charge in [0.05, 0.1) is 20.8 Å². The fraction of sp³-hybridized carbons (Fsp3) is 0.333. The van der Waals surface area contributed by atoms with Gasteiger partial charge in [0.1, 0.15) is 5.75 Å². The summed E-state index contributed by atoms with van der Waals surface area (Å²) < 4.78 is 43.6. The lowest BCUT2D eigenvalue weighted by atomic mass is 10.0. The van der Waals surface area contributed by atoms with E-state index < -0.39 is 11.7 Å². The molecule has 0 amide bonds. The fourth-order valence-corrected chi connectivity index (χ4v) is 2.38. The Balaban J connectivity index is 2.68. The number of alkyl halides is 3. The minimum Gasteiger partial charge on any atom is -0.492 e. The van der Waals surface area contributed by atoms with Gasteiger partial charge in [-0.3, -0.25) is 0 Å². The van der Waals surface area contributed by atoms with Crippen molar-refractivity contribution in [2.45, 2.75) is 12.6 Å². The van der Waals surface area contributed by atoms with Gasteiger partial charge in [-0.05, 0) is 28.7 Å². The van der Waals surface area contributed by atoms with E-state index in [-0.39, 0.29) is 29.4 Å². The zero-order valence-electron chi connectivity index (χ0n) is 7.29. The van der Waals surface area contributed by atoms with Crippen LogP contribution in [0.4, 0.5) is 13.2 Å². The second-order valence-corrected chi connectivity index (χ2v) is 4.61. The summed E-state index contributed by atoms with van der Waals surface area (Å²) in [6, 6.07) is 0.969. The van der Waals surface area contributed by atoms with E-state index in [0.29, 0.717) is 3.57 Å². The monoisotopic (exact) mass is 348 g/mol. The molecule has 1 aliphatic rings. The van der Waals surface area contributed by atoms with Gasteiger partial charge in [0.15, 0.2) is 0 Å². The largest absolute Gasteiger partial charge is 0.492 e. The Bertz CT molecular complexity index is 417. The summed E-state index contributed by atoms with van der Waals surface area (Å²) in [6.45, 7) is 0.286. The molecule has 0 N–H and O–H groups in total. The molecule has 0 spiro atoms. The van der Waals surface area contributed by atoms with Crippen LogP contribution >= 0.6 is 34.2 Å². The summed E-state index contributed by atoms with van der Waals surface area (Å²) >= 11 is 7.61. The molecule has 82 valence electrons. The molecule has 1 aromatic carbocycles. The third-order valence-corrected chi connectivity index (χ3v) is 3.87. The van der Waals surface area contributed by atoms with Crippen molar-refractivity contribution in [3.05, 3.63) is 25.8 Å². The van der Waals surface area contributed by atoms with Crippen molar-refractivity contribution < 1.29 is 17.9 Å². The molecule has 0 saturated heterocycles. The van der Waals surface area contributed by atoms with Crippen molar-refractivity contribution in [1.82, 2.24) is 0 Å². The Morgan fingerprint density at radius 2 is 2.07 bits per heavy atom. The second kappa shape index (κ2) is 3.69. The van der Waals surface area contributed by atoms with Gasteiger partial charge in [-0.1, -0.05) is 11.6 Å². The molecule has 0 aromatic heterocycles. The first-order valence-corrected chi connectivity index (χ1v) is 5.58. The minimum absolute atomic E-state index is 0.0866. The molecule has 0 bridgehead atoms. The van der Waals surface area contributed by atoms with Crippen molar-refractivity contribution in [3.63, 3.8) is 0 Å². The Morgan fingerprint density at radius 3 is 2.67 bits per heavy atom. The predicted octanol–water partition coefficient (Wildman–Crippen LogP) is 3.90. The van der Waals surface area contributed by atoms with E-state index in [1.165, 1.54) is 0 Å². The quantitative estimate of drug-likeness (QED) is 0.646. The van der Waals surface area contributed by atoms with Crippen LogP contribution < -0.4 is 4.74 Å². The highest BCUT2D eigenvalue weighted by Gasteiger charge is 2.37. The van der Waals surface area contributed by atoms with Gasteiger partial charge >= 0.3 is 6.18 Å². The van der Waals surface area contributed by atoms with Crippen LogP contribution in [0.3, 0.4) is 0 Å². The third kappa shape index (κ3) is 1.91. The normalized spacial score (nSPS) is 15.0. The third-order valence-electron chi connectivity index (χ3n) is 2.18. The minimum atomic E-state index is -4.37. The van der Waals surface area contributed by atoms with Crippen LogP contribution in [0.25, 0.3) is 0 Å². The van der Waals surface area contributed by atoms with Crippen molar-refractivity contribution >= 4 is 34.2 Å². The number of halogens is 5. The van der Waals surface area contributed by atoms with E-state index >= 15 is 0 Å². The van der Waals surface area contributed by atoms with Crippen molar-refractivity contribution in [1.29, 1.82) is 0 Å². The number of ether oxygens (including phenoxy) is 1. The lowest BCUT2D eigenvalue weighted by Crippen LogP contribution is -2.08. The molecular formula is C9H5ClF3IO. The van der Waals surface area contributed by atoms with Crippen LogP contribution in [0, 0.1) is 3.57 Å². The molecule has 1 heterocycles.